The number of piperazine rings is 1. The van der Waals surface area contributed by atoms with E-state index in [0.717, 1.165) is 18.0 Å². The summed E-state index contributed by atoms with van der Waals surface area (Å²) < 4.78 is 120. The molecule has 0 bridgehead atoms. The lowest BCUT2D eigenvalue weighted by atomic mass is 10.1. The molecule has 0 aromatic heterocycles. The predicted molar refractivity (Wildman–Crippen MR) is 75.6 cm³/mol. The molecule has 4 nitrogen and oxygen atoms in total. The Morgan fingerprint density at radius 2 is 1.38 bits per heavy atom. The molecule has 1 aliphatic rings. The van der Waals surface area contributed by atoms with E-state index < -0.39 is 40.6 Å². The first-order valence-electron chi connectivity index (χ1n) is 7.44. The first-order valence-corrected chi connectivity index (χ1v) is 8.14. The Balaban J connectivity index is 2.69. The number of nitrogens with zero attached hydrogens (tertiary/aromatic N) is 3. The molecule has 0 atom stereocenters. The van der Waals surface area contributed by atoms with Gasteiger partial charge in [-0.25, -0.2) is 4.28 Å². The Labute approximate surface area is 148 Å². The lowest BCUT2D eigenvalue weighted by molar-refractivity contribution is -0.409. The van der Waals surface area contributed by atoms with Crippen LogP contribution in [0, 0.1) is 0 Å². The molecule has 1 heterocycles. The van der Waals surface area contributed by atoms with Gasteiger partial charge in [-0.05, 0) is 13.0 Å². The molecule has 0 N–H and O–H groups in total. The molecule has 156 valence electrons. The van der Waals surface area contributed by atoms with Crippen LogP contribution in [0.2, 0.25) is 0 Å². The third kappa shape index (κ3) is 4.69. The van der Waals surface area contributed by atoms with Gasteiger partial charge in [0.15, 0.2) is 0 Å². The normalized spacial score (nSPS) is 19.4. The quantitative estimate of drug-likeness (QED) is 0.255. The third-order valence-electron chi connectivity index (χ3n) is 3.65. The molecule has 0 spiro atoms. The van der Waals surface area contributed by atoms with Crippen LogP contribution in [0.4, 0.5) is 39.5 Å². The van der Waals surface area contributed by atoms with Crippen molar-refractivity contribution in [2.45, 2.75) is 37.4 Å². The number of alkyl halides is 9. The smallest absolute Gasteiger partial charge is 0.301 e. The van der Waals surface area contributed by atoms with E-state index in [2.05, 4.69) is 0 Å². The first-order chi connectivity index (χ1) is 11.7. The monoisotopic (exact) mass is 423 g/mol. The van der Waals surface area contributed by atoms with Crippen LogP contribution in [0.15, 0.2) is 0 Å². The van der Waals surface area contributed by atoms with Crippen molar-refractivity contribution >= 4 is 12.2 Å². The molecule has 26 heavy (non-hydrogen) atoms. The third-order valence-corrected chi connectivity index (χ3v) is 4.38. The van der Waals surface area contributed by atoms with Crippen molar-refractivity contribution in [2.75, 3.05) is 39.8 Å². The van der Waals surface area contributed by atoms with Crippen LogP contribution in [0.5, 0.6) is 0 Å². The van der Waals surface area contributed by atoms with Gasteiger partial charge in [-0.2, -0.15) is 48.9 Å². The lowest BCUT2D eigenvalue weighted by Gasteiger charge is -2.38. The fourth-order valence-corrected chi connectivity index (χ4v) is 2.60. The average molecular weight is 423 g/mol. The van der Waals surface area contributed by atoms with Crippen molar-refractivity contribution in [1.82, 2.24) is 14.3 Å². The molecular formula is C12H18F9N3OS. The Morgan fingerprint density at radius 3 is 1.81 bits per heavy atom. The highest BCUT2D eigenvalue weighted by Crippen LogP contribution is 2.54. The number of rotatable bonds is 8. The van der Waals surface area contributed by atoms with Gasteiger partial charge in [-0.3, -0.25) is 0 Å². The molecular weight excluding hydrogens is 405 g/mol. The topological polar surface area (TPSA) is 19.0 Å². The average Bonchev–Trinajstić information content (AvgIpc) is 2.52. The number of halogens is 9. The Bertz CT molecular complexity index is 456. The molecule has 0 saturated carbocycles. The van der Waals surface area contributed by atoms with Gasteiger partial charge in [0.05, 0.1) is 0 Å². The summed E-state index contributed by atoms with van der Waals surface area (Å²) in [6, 6.07) is -5.83. The summed E-state index contributed by atoms with van der Waals surface area (Å²) in [4.78, 5) is 2.03. The summed E-state index contributed by atoms with van der Waals surface area (Å²) in [5.41, 5.74) is 0. The van der Waals surface area contributed by atoms with Gasteiger partial charge in [0.25, 0.3) is 0 Å². The van der Waals surface area contributed by atoms with Crippen molar-refractivity contribution in [1.29, 1.82) is 0 Å². The van der Waals surface area contributed by atoms with Crippen LogP contribution in [0.25, 0.3) is 0 Å². The van der Waals surface area contributed by atoms with E-state index in [1.165, 1.54) is 0 Å². The van der Waals surface area contributed by atoms with Crippen molar-refractivity contribution in [3.05, 3.63) is 0 Å². The van der Waals surface area contributed by atoms with Crippen LogP contribution in [-0.4, -0.2) is 78.1 Å². The summed E-state index contributed by atoms with van der Waals surface area (Å²) in [6.45, 7) is 4.18. The highest BCUT2D eigenvalue weighted by atomic mass is 32.2. The van der Waals surface area contributed by atoms with E-state index in [4.69, 9.17) is 4.28 Å². The summed E-state index contributed by atoms with van der Waals surface area (Å²) in [5.74, 6) is -13.6. The van der Waals surface area contributed by atoms with E-state index in [0.29, 0.717) is 13.1 Å². The highest BCUT2D eigenvalue weighted by molar-refractivity contribution is 7.92. The Hall–Kier alpha value is -0.440. The van der Waals surface area contributed by atoms with E-state index in [-0.39, 0.29) is 20.1 Å². The second-order valence-corrected chi connectivity index (χ2v) is 6.45. The minimum Gasteiger partial charge on any atom is -0.301 e. The van der Waals surface area contributed by atoms with E-state index in [1.807, 2.05) is 11.8 Å². The minimum absolute atomic E-state index is 0.224. The predicted octanol–water partition coefficient (Wildman–Crippen LogP) is 3.87. The van der Waals surface area contributed by atoms with Gasteiger partial charge < -0.3 is 4.90 Å². The summed E-state index contributed by atoms with van der Waals surface area (Å²) in [5, 5.41) is 1.13. The number of hydrogen-bond acceptors (Lipinski definition) is 5. The van der Waals surface area contributed by atoms with Gasteiger partial charge in [-0.1, -0.05) is 6.92 Å². The highest BCUT2D eigenvalue weighted by Gasteiger charge is 2.83. The molecule has 1 saturated heterocycles. The van der Waals surface area contributed by atoms with Crippen molar-refractivity contribution in [3.8, 4) is 0 Å². The fourth-order valence-electron chi connectivity index (χ4n) is 2.05. The number of hydrogen-bond donors (Lipinski definition) is 0. The zero-order valence-corrected chi connectivity index (χ0v) is 14.6. The molecule has 1 aliphatic heterocycles. The molecule has 0 aliphatic carbocycles. The largest absolute Gasteiger partial charge is 0.460 e. The summed E-state index contributed by atoms with van der Waals surface area (Å²) >= 11 is -0.432. The van der Waals surface area contributed by atoms with Crippen molar-refractivity contribution in [3.63, 3.8) is 0 Å². The van der Waals surface area contributed by atoms with E-state index in [1.54, 1.807) is 0 Å². The van der Waals surface area contributed by atoms with Gasteiger partial charge in [-0.15, -0.1) is 0 Å². The van der Waals surface area contributed by atoms with Crippen LogP contribution < -0.4 is 0 Å². The maximum atomic E-state index is 13.6. The molecule has 14 heteroatoms. The lowest BCUT2D eigenvalue weighted by Crippen LogP contribution is -2.64. The maximum Gasteiger partial charge on any atom is 0.460 e. The van der Waals surface area contributed by atoms with Crippen molar-refractivity contribution in [2.24, 2.45) is 0 Å². The summed E-state index contributed by atoms with van der Waals surface area (Å²) in [6.07, 6.45) is -5.96. The summed E-state index contributed by atoms with van der Waals surface area (Å²) in [7, 11) is 0.234. The van der Waals surface area contributed by atoms with Crippen LogP contribution in [0.1, 0.15) is 13.3 Å². The fraction of sp³-hybridized carbons (Fsp3) is 1.00. The van der Waals surface area contributed by atoms with Crippen LogP contribution in [0.3, 0.4) is 0 Å². The second-order valence-electron chi connectivity index (χ2n) is 5.60. The molecule has 0 amide bonds. The molecule has 0 unspecified atom stereocenters. The zero-order chi connectivity index (χ0) is 20.4. The van der Waals surface area contributed by atoms with Gasteiger partial charge in [0, 0.05) is 33.2 Å². The Morgan fingerprint density at radius 1 is 0.885 bits per heavy atom. The molecule has 0 aromatic rings. The number of hydroxylamine groups is 2. The van der Waals surface area contributed by atoms with E-state index in [9.17, 15) is 39.5 Å². The van der Waals surface area contributed by atoms with Gasteiger partial charge >= 0.3 is 24.1 Å². The minimum atomic E-state index is -6.93. The molecule has 1 fully saturated rings. The second kappa shape index (κ2) is 8.29. The Kier molecular flexibility index (Phi) is 7.52. The van der Waals surface area contributed by atoms with Gasteiger partial charge in [0.2, 0.25) is 0 Å². The molecule has 0 aromatic carbocycles. The van der Waals surface area contributed by atoms with Crippen LogP contribution >= 0.6 is 12.2 Å². The van der Waals surface area contributed by atoms with E-state index >= 15 is 0 Å². The van der Waals surface area contributed by atoms with Gasteiger partial charge in [0.1, 0.15) is 12.2 Å². The van der Waals surface area contributed by atoms with Crippen molar-refractivity contribution < 1.29 is 43.8 Å². The standard InChI is InChI=1S/C12H18F9N3OS/c1-3-4-23-5-7-24(8-6-23)25-26-22(2)12(20,21)10(15,16)9(13,14)11(17,18)19/h3-8H2,1-2H3. The first kappa shape index (κ1) is 23.6. The van der Waals surface area contributed by atoms with Crippen LogP contribution in [-0.2, 0) is 4.28 Å². The SMILES string of the molecule is CCCN1CCN(OSN(C)C(F)(F)C(F)(F)C(F)(F)C(F)(F)F)CC1. The zero-order valence-electron chi connectivity index (χ0n) is 13.8. The maximum absolute atomic E-state index is 13.6. The molecule has 0 radical (unpaired) electrons. The molecule has 1 rings (SSSR count).